The van der Waals surface area contributed by atoms with E-state index in [9.17, 15) is 4.39 Å². The van der Waals surface area contributed by atoms with Crippen molar-refractivity contribution in [1.29, 1.82) is 0 Å². The fourth-order valence-corrected chi connectivity index (χ4v) is 3.64. The van der Waals surface area contributed by atoms with Crippen LogP contribution in [0.1, 0.15) is 44.1 Å². The first kappa shape index (κ1) is 13.8. The van der Waals surface area contributed by atoms with Gasteiger partial charge < -0.3 is 9.55 Å². The second kappa shape index (κ2) is 5.68. The molecule has 2 nitrogen and oxygen atoms in total. The number of aromatic nitrogens is 2. The molecule has 1 aliphatic carbocycles. The number of hydrogen-bond donors (Lipinski definition) is 1. The summed E-state index contributed by atoms with van der Waals surface area (Å²) in [4.78, 5) is 3.11. The lowest BCUT2D eigenvalue weighted by atomic mass is 10.0. The molecule has 0 unspecified atom stereocenters. The Labute approximate surface area is 124 Å². The van der Waals surface area contributed by atoms with Crippen LogP contribution in [0.15, 0.2) is 12.1 Å². The average Bonchev–Trinajstić information content (AvgIpc) is 3.01. The monoisotopic (exact) mass is 292 g/mol. The SMILES string of the molecule is Cc1cc2c(cc1F)[nH]c(=S)n2CCCC1CCCC1. The largest absolute Gasteiger partial charge is 0.330 e. The number of fused-ring (bicyclic) bond motifs is 1. The summed E-state index contributed by atoms with van der Waals surface area (Å²) in [6.45, 7) is 2.73. The van der Waals surface area contributed by atoms with Crippen molar-refractivity contribution in [2.45, 2.75) is 52.0 Å². The number of nitrogens with zero attached hydrogens (tertiary/aromatic N) is 1. The van der Waals surface area contributed by atoms with Crippen molar-refractivity contribution in [3.05, 3.63) is 28.3 Å². The smallest absolute Gasteiger partial charge is 0.178 e. The van der Waals surface area contributed by atoms with Crippen LogP contribution in [-0.2, 0) is 6.54 Å². The summed E-state index contributed by atoms with van der Waals surface area (Å²) in [6.07, 6.45) is 8.02. The minimum Gasteiger partial charge on any atom is -0.330 e. The second-order valence-corrected chi connectivity index (χ2v) is 6.38. The van der Waals surface area contributed by atoms with E-state index in [2.05, 4.69) is 9.55 Å². The molecule has 1 N–H and O–H groups in total. The highest BCUT2D eigenvalue weighted by Crippen LogP contribution is 2.29. The van der Waals surface area contributed by atoms with Gasteiger partial charge in [0.1, 0.15) is 5.82 Å². The Balaban J connectivity index is 1.78. The topological polar surface area (TPSA) is 20.7 Å². The van der Waals surface area contributed by atoms with Crippen LogP contribution in [-0.4, -0.2) is 9.55 Å². The van der Waals surface area contributed by atoms with E-state index in [-0.39, 0.29) is 5.82 Å². The molecule has 20 heavy (non-hydrogen) atoms. The lowest BCUT2D eigenvalue weighted by Gasteiger charge is -2.09. The molecule has 108 valence electrons. The van der Waals surface area contributed by atoms with Gasteiger partial charge in [-0.1, -0.05) is 25.7 Å². The molecule has 3 rings (SSSR count). The summed E-state index contributed by atoms with van der Waals surface area (Å²) in [5.41, 5.74) is 2.51. The van der Waals surface area contributed by atoms with Crippen molar-refractivity contribution in [3.63, 3.8) is 0 Å². The van der Waals surface area contributed by atoms with Gasteiger partial charge in [-0.15, -0.1) is 0 Å². The quantitative estimate of drug-likeness (QED) is 0.776. The molecule has 4 heteroatoms. The van der Waals surface area contributed by atoms with E-state index in [1.165, 1.54) is 32.1 Å². The number of benzene rings is 1. The van der Waals surface area contributed by atoms with Crippen molar-refractivity contribution in [1.82, 2.24) is 9.55 Å². The Kier molecular flexibility index (Phi) is 3.92. The molecule has 2 aromatic rings. The first-order chi connectivity index (χ1) is 9.65. The van der Waals surface area contributed by atoms with Gasteiger partial charge in [-0.05, 0) is 55.6 Å². The summed E-state index contributed by atoms with van der Waals surface area (Å²) in [6, 6.07) is 3.44. The molecule has 1 heterocycles. The van der Waals surface area contributed by atoms with Crippen molar-refractivity contribution < 1.29 is 4.39 Å². The van der Waals surface area contributed by atoms with Gasteiger partial charge in [-0.3, -0.25) is 0 Å². The summed E-state index contributed by atoms with van der Waals surface area (Å²) in [5.74, 6) is 0.736. The minimum absolute atomic E-state index is 0.174. The van der Waals surface area contributed by atoms with Crippen molar-refractivity contribution in [3.8, 4) is 0 Å². The third kappa shape index (κ3) is 2.66. The van der Waals surface area contributed by atoms with Crippen LogP contribution < -0.4 is 0 Å². The minimum atomic E-state index is -0.174. The summed E-state index contributed by atoms with van der Waals surface area (Å²) in [5, 5.41) is 0. The molecule has 1 saturated carbocycles. The van der Waals surface area contributed by atoms with Gasteiger partial charge >= 0.3 is 0 Å². The number of hydrogen-bond acceptors (Lipinski definition) is 1. The molecular weight excluding hydrogens is 271 g/mol. The van der Waals surface area contributed by atoms with Gasteiger partial charge in [0.2, 0.25) is 0 Å². The van der Waals surface area contributed by atoms with Gasteiger partial charge in [0.15, 0.2) is 4.77 Å². The standard InChI is InChI=1S/C16H21FN2S/c1-11-9-15-14(10-13(11)17)18-16(20)19(15)8-4-7-12-5-2-3-6-12/h9-10,12H,2-8H2,1H3,(H,18,20). The Morgan fingerprint density at radius 3 is 2.85 bits per heavy atom. The Morgan fingerprint density at radius 1 is 1.35 bits per heavy atom. The van der Waals surface area contributed by atoms with E-state index in [0.717, 1.165) is 29.9 Å². The fourth-order valence-electron chi connectivity index (χ4n) is 3.34. The first-order valence-corrected chi connectivity index (χ1v) is 7.94. The van der Waals surface area contributed by atoms with E-state index in [4.69, 9.17) is 12.2 Å². The number of halogens is 1. The average molecular weight is 292 g/mol. The molecule has 0 amide bonds. The second-order valence-electron chi connectivity index (χ2n) is 5.99. The van der Waals surface area contributed by atoms with Crippen LogP contribution >= 0.6 is 12.2 Å². The van der Waals surface area contributed by atoms with E-state index < -0.39 is 0 Å². The maximum Gasteiger partial charge on any atom is 0.178 e. The number of nitrogens with one attached hydrogen (secondary N) is 1. The Hall–Kier alpha value is -1.16. The van der Waals surface area contributed by atoms with Gasteiger partial charge in [0, 0.05) is 6.54 Å². The zero-order valence-electron chi connectivity index (χ0n) is 11.9. The van der Waals surface area contributed by atoms with Crippen LogP contribution in [0.25, 0.3) is 11.0 Å². The van der Waals surface area contributed by atoms with Crippen molar-refractivity contribution >= 4 is 23.3 Å². The summed E-state index contributed by atoms with van der Waals surface area (Å²) in [7, 11) is 0. The van der Waals surface area contributed by atoms with E-state index in [0.29, 0.717) is 10.3 Å². The first-order valence-electron chi connectivity index (χ1n) is 7.54. The van der Waals surface area contributed by atoms with Gasteiger partial charge in [-0.25, -0.2) is 4.39 Å². The highest BCUT2D eigenvalue weighted by atomic mass is 32.1. The predicted octanol–water partition coefficient (Wildman–Crippen LogP) is 5.12. The zero-order chi connectivity index (χ0) is 14.1. The van der Waals surface area contributed by atoms with Crippen LogP contribution in [0, 0.1) is 23.4 Å². The Morgan fingerprint density at radius 2 is 2.10 bits per heavy atom. The fraction of sp³-hybridized carbons (Fsp3) is 0.562. The molecule has 0 bridgehead atoms. The molecule has 1 aromatic carbocycles. The number of H-pyrrole nitrogens is 1. The van der Waals surface area contributed by atoms with Crippen LogP contribution in [0.5, 0.6) is 0 Å². The molecule has 1 aromatic heterocycles. The van der Waals surface area contributed by atoms with Gasteiger partial charge in [0.25, 0.3) is 0 Å². The maximum atomic E-state index is 13.6. The van der Waals surface area contributed by atoms with Crippen molar-refractivity contribution in [2.24, 2.45) is 5.92 Å². The summed E-state index contributed by atoms with van der Waals surface area (Å²) < 4.78 is 16.4. The molecule has 0 saturated heterocycles. The van der Waals surface area contributed by atoms with Crippen molar-refractivity contribution in [2.75, 3.05) is 0 Å². The molecular formula is C16H21FN2S. The van der Waals surface area contributed by atoms with Gasteiger partial charge in [-0.2, -0.15) is 0 Å². The predicted molar refractivity (Wildman–Crippen MR) is 83.0 cm³/mol. The van der Waals surface area contributed by atoms with E-state index >= 15 is 0 Å². The number of rotatable bonds is 4. The van der Waals surface area contributed by atoms with Crippen LogP contribution in [0.3, 0.4) is 0 Å². The maximum absolute atomic E-state index is 13.6. The lowest BCUT2D eigenvalue weighted by Crippen LogP contribution is -2.01. The zero-order valence-corrected chi connectivity index (χ0v) is 12.7. The molecule has 0 spiro atoms. The van der Waals surface area contributed by atoms with E-state index in [1.54, 1.807) is 13.0 Å². The highest BCUT2D eigenvalue weighted by molar-refractivity contribution is 7.71. The Bertz CT molecular complexity index is 665. The summed E-state index contributed by atoms with van der Waals surface area (Å²) >= 11 is 5.37. The van der Waals surface area contributed by atoms with Crippen LogP contribution in [0.2, 0.25) is 0 Å². The van der Waals surface area contributed by atoms with Crippen LogP contribution in [0.4, 0.5) is 4.39 Å². The van der Waals surface area contributed by atoms with E-state index in [1.807, 2.05) is 6.07 Å². The van der Waals surface area contributed by atoms with Gasteiger partial charge in [0.05, 0.1) is 11.0 Å². The molecule has 1 fully saturated rings. The third-order valence-corrected chi connectivity index (χ3v) is 4.85. The highest BCUT2D eigenvalue weighted by Gasteiger charge is 2.15. The third-order valence-electron chi connectivity index (χ3n) is 4.52. The lowest BCUT2D eigenvalue weighted by molar-refractivity contribution is 0.460. The molecule has 0 radical (unpaired) electrons. The molecule has 0 aliphatic heterocycles. The number of imidazole rings is 1. The molecule has 1 aliphatic rings. The number of aromatic amines is 1. The number of aryl methyl sites for hydroxylation is 2. The normalized spacial score (nSPS) is 16.3. The molecule has 0 atom stereocenters.